The van der Waals surface area contributed by atoms with Gasteiger partial charge in [-0.1, -0.05) is 36.4 Å². The highest BCUT2D eigenvalue weighted by molar-refractivity contribution is 5.88. The van der Waals surface area contributed by atoms with E-state index in [1.54, 1.807) is 12.1 Å². The molecule has 3 aromatic rings. The summed E-state index contributed by atoms with van der Waals surface area (Å²) in [5, 5.41) is 27.9. The van der Waals surface area contributed by atoms with Crippen molar-refractivity contribution in [3.05, 3.63) is 71.8 Å². The molecule has 0 heterocycles. The van der Waals surface area contributed by atoms with Gasteiger partial charge in [-0.15, -0.1) is 0 Å². The van der Waals surface area contributed by atoms with Crippen LogP contribution in [-0.4, -0.2) is 28.9 Å². The monoisotopic (exact) mass is 349 g/mol. The fraction of sp³-hybridized carbons (Fsp3) is 0.100. The first-order chi connectivity index (χ1) is 12.7. The normalized spacial score (nSPS) is 11.0. The lowest BCUT2D eigenvalue weighted by Crippen LogP contribution is -2.25. The zero-order valence-electron chi connectivity index (χ0n) is 14.0. The number of anilines is 1. The zero-order valence-corrected chi connectivity index (χ0v) is 14.0. The van der Waals surface area contributed by atoms with Gasteiger partial charge in [-0.25, -0.2) is 5.43 Å². The first-order valence-corrected chi connectivity index (χ1v) is 8.13. The van der Waals surface area contributed by atoms with Gasteiger partial charge in [0.1, 0.15) is 5.75 Å². The van der Waals surface area contributed by atoms with Gasteiger partial charge in [0.25, 0.3) is 5.91 Å². The van der Waals surface area contributed by atoms with Crippen molar-refractivity contribution in [1.82, 2.24) is 5.43 Å². The summed E-state index contributed by atoms with van der Waals surface area (Å²) in [4.78, 5) is 11.9. The summed E-state index contributed by atoms with van der Waals surface area (Å²) in [6, 6.07) is 18.6. The largest absolute Gasteiger partial charge is 0.507 e. The average molecular weight is 349 g/mol. The molecule has 3 aromatic carbocycles. The molecule has 0 saturated carbocycles. The van der Waals surface area contributed by atoms with E-state index in [1.165, 1.54) is 12.3 Å². The van der Waals surface area contributed by atoms with E-state index in [9.17, 15) is 9.90 Å². The maximum Gasteiger partial charge on any atom is 0.259 e. The molecule has 0 aromatic heterocycles. The second-order valence-electron chi connectivity index (χ2n) is 5.76. The number of aromatic hydroxyl groups is 1. The molecule has 6 nitrogen and oxygen atoms in total. The Bertz CT molecular complexity index is 954. The van der Waals surface area contributed by atoms with Crippen LogP contribution in [0.1, 0.15) is 11.1 Å². The lowest BCUT2D eigenvalue weighted by molar-refractivity contribution is -0.119. The number of amides is 1. The van der Waals surface area contributed by atoms with Crippen molar-refractivity contribution in [3.63, 3.8) is 0 Å². The molecule has 26 heavy (non-hydrogen) atoms. The Morgan fingerprint density at radius 3 is 2.62 bits per heavy atom. The van der Waals surface area contributed by atoms with Crippen LogP contribution < -0.4 is 10.7 Å². The molecule has 0 fully saturated rings. The van der Waals surface area contributed by atoms with Crippen LogP contribution in [0.5, 0.6) is 5.75 Å². The number of hydrazone groups is 1. The average Bonchev–Trinajstić information content (AvgIpc) is 2.67. The smallest absolute Gasteiger partial charge is 0.259 e. The third kappa shape index (κ3) is 4.37. The van der Waals surface area contributed by atoms with E-state index in [-0.39, 0.29) is 24.8 Å². The van der Waals surface area contributed by atoms with Crippen LogP contribution >= 0.6 is 0 Å². The highest BCUT2D eigenvalue weighted by atomic mass is 16.3. The predicted octanol–water partition coefficient (Wildman–Crippen LogP) is 2.60. The van der Waals surface area contributed by atoms with E-state index in [0.717, 1.165) is 16.5 Å². The summed E-state index contributed by atoms with van der Waals surface area (Å²) >= 11 is 0. The molecular weight excluding hydrogens is 330 g/mol. The van der Waals surface area contributed by atoms with Crippen LogP contribution in [0.3, 0.4) is 0 Å². The number of hydrogen-bond acceptors (Lipinski definition) is 5. The Morgan fingerprint density at radius 2 is 1.85 bits per heavy atom. The number of phenols is 1. The molecule has 132 valence electrons. The number of nitrogens with one attached hydrogen (secondary N) is 2. The Labute approximate surface area is 150 Å². The lowest BCUT2D eigenvalue weighted by Gasteiger charge is -2.07. The molecule has 0 aliphatic carbocycles. The van der Waals surface area contributed by atoms with Gasteiger partial charge in [-0.05, 0) is 40.6 Å². The maximum absolute atomic E-state index is 11.9. The number of rotatable bonds is 6. The minimum Gasteiger partial charge on any atom is -0.507 e. The van der Waals surface area contributed by atoms with Crippen molar-refractivity contribution >= 4 is 28.6 Å². The highest BCUT2D eigenvalue weighted by Crippen LogP contribution is 2.18. The summed E-state index contributed by atoms with van der Waals surface area (Å²) in [6.07, 6.45) is 1.35. The molecule has 0 radical (unpaired) electrons. The van der Waals surface area contributed by atoms with Crippen molar-refractivity contribution < 1.29 is 15.0 Å². The summed E-state index contributed by atoms with van der Waals surface area (Å²) < 4.78 is 0. The minimum absolute atomic E-state index is 0.0103. The van der Waals surface area contributed by atoms with Crippen molar-refractivity contribution in [2.24, 2.45) is 5.10 Å². The number of aliphatic hydroxyl groups excluding tert-OH is 1. The van der Waals surface area contributed by atoms with E-state index in [0.29, 0.717) is 11.1 Å². The number of nitrogens with zero attached hydrogens (tertiary/aromatic N) is 1. The van der Waals surface area contributed by atoms with Gasteiger partial charge < -0.3 is 15.5 Å². The highest BCUT2D eigenvalue weighted by Gasteiger charge is 2.02. The summed E-state index contributed by atoms with van der Waals surface area (Å²) in [6.45, 7) is -0.0761. The minimum atomic E-state index is -0.305. The molecule has 0 unspecified atom stereocenters. The van der Waals surface area contributed by atoms with Gasteiger partial charge >= 0.3 is 0 Å². The number of aliphatic hydroxyl groups is 1. The van der Waals surface area contributed by atoms with E-state index >= 15 is 0 Å². The Kier molecular flexibility index (Phi) is 5.46. The van der Waals surface area contributed by atoms with Gasteiger partial charge in [-0.2, -0.15) is 5.10 Å². The molecule has 0 spiro atoms. The van der Waals surface area contributed by atoms with Crippen LogP contribution in [0.15, 0.2) is 65.8 Å². The fourth-order valence-corrected chi connectivity index (χ4v) is 2.49. The summed E-state index contributed by atoms with van der Waals surface area (Å²) in [5.74, 6) is -0.315. The Morgan fingerprint density at radius 1 is 1.04 bits per heavy atom. The maximum atomic E-state index is 11.9. The first-order valence-electron chi connectivity index (χ1n) is 8.13. The Balaban J connectivity index is 1.53. The van der Waals surface area contributed by atoms with Crippen molar-refractivity contribution in [3.8, 4) is 5.75 Å². The third-order valence-electron chi connectivity index (χ3n) is 3.87. The number of carbonyl (C=O) groups excluding carboxylic acids is 1. The van der Waals surface area contributed by atoms with Gasteiger partial charge in [0.2, 0.25) is 0 Å². The molecule has 0 atom stereocenters. The number of hydrogen-bond donors (Lipinski definition) is 4. The van der Waals surface area contributed by atoms with Gasteiger partial charge in [-0.3, -0.25) is 4.79 Å². The fourth-order valence-electron chi connectivity index (χ4n) is 2.49. The number of carbonyl (C=O) groups is 1. The predicted molar refractivity (Wildman–Crippen MR) is 102 cm³/mol. The van der Waals surface area contributed by atoms with Crippen molar-refractivity contribution in [2.75, 3.05) is 11.9 Å². The van der Waals surface area contributed by atoms with Crippen molar-refractivity contribution in [2.45, 2.75) is 6.61 Å². The van der Waals surface area contributed by atoms with E-state index in [1.807, 2.05) is 42.5 Å². The Hall–Kier alpha value is -3.38. The molecule has 0 aliphatic heterocycles. The topological polar surface area (TPSA) is 94.0 Å². The molecule has 0 aliphatic rings. The summed E-state index contributed by atoms with van der Waals surface area (Å²) in [7, 11) is 0. The molecule has 1 amide bonds. The molecular formula is C20H19N3O3. The molecule has 6 heteroatoms. The zero-order chi connectivity index (χ0) is 18.4. The number of phenolic OH excluding ortho intramolecular Hbond substituents is 1. The second-order valence-corrected chi connectivity index (χ2v) is 5.76. The lowest BCUT2D eigenvalue weighted by atomic mass is 10.1. The van der Waals surface area contributed by atoms with Crippen LogP contribution in [0.4, 0.5) is 5.69 Å². The van der Waals surface area contributed by atoms with Gasteiger partial charge in [0, 0.05) is 11.3 Å². The third-order valence-corrected chi connectivity index (χ3v) is 3.87. The van der Waals surface area contributed by atoms with Crippen LogP contribution in [0.2, 0.25) is 0 Å². The van der Waals surface area contributed by atoms with Crippen LogP contribution in [0.25, 0.3) is 10.8 Å². The molecule has 4 N–H and O–H groups in total. The van der Waals surface area contributed by atoms with E-state index < -0.39 is 0 Å². The summed E-state index contributed by atoms with van der Waals surface area (Å²) in [5.41, 5.74) is 4.30. The molecule has 0 bridgehead atoms. The van der Waals surface area contributed by atoms with Crippen LogP contribution in [-0.2, 0) is 11.4 Å². The SMILES string of the molecule is O=C(CNc1ccc2ccccc2c1)N/N=C/c1ccc(CO)cc1O. The number of fused-ring (bicyclic) bond motifs is 1. The number of benzene rings is 3. The van der Waals surface area contributed by atoms with Gasteiger partial charge in [0.15, 0.2) is 0 Å². The van der Waals surface area contributed by atoms with Crippen molar-refractivity contribution in [1.29, 1.82) is 0 Å². The van der Waals surface area contributed by atoms with Gasteiger partial charge in [0.05, 0.1) is 19.4 Å². The first kappa shape index (κ1) is 17.4. The van der Waals surface area contributed by atoms with E-state index in [2.05, 4.69) is 15.8 Å². The molecule has 0 saturated heterocycles. The van der Waals surface area contributed by atoms with E-state index in [4.69, 9.17) is 5.11 Å². The second kappa shape index (κ2) is 8.13. The van der Waals surface area contributed by atoms with Crippen LogP contribution in [0, 0.1) is 0 Å². The molecule has 3 rings (SSSR count). The standard InChI is InChI=1S/C20H19N3O3/c24-13-14-5-6-17(19(25)9-14)11-22-23-20(26)12-21-18-8-7-15-3-1-2-4-16(15)10-18/h1-11,21,24-25H,12-13H2,(H,23,26)/b22-11+. The quantitative estimate of drug-likeness (QED) is 0.406.